The van der Waals surface area contributed by atoms with E-state index in [9.17, 15) is 9.18 Å². The summed E-state index contributed by atoms with van der Waals surface area (Å²) in [5, 5.41) is 0. The highest BCUT2D eigenvalue weighted by Gasteiger charge is 2.19. The summed E-state index contributed by atoms with van der Waals surface area (Å²) in [4.78, 5) is 13.9. The molecule has 1 amide bonds. The number of ether oxygens (including phenoxy) is 1. The molecular weight excluding hydrogens is 233 g/mol. The average Bonchev–Trinajstić information content (AvgIpc) is 2.41. The van der Waals surface area contributed by atoms with E-state index in [2.05, 4.69) is 0 Å². The van der Waals surface area contributed by atoms with Gasteiger partial charge in [0.25, 0.3) is 5.91 Å². The first kappa shape index (κ1) is 12.9. The maximum absolute atomic E-state index is 13.7. The summed E-state index contributed by atoms with van der Waals surface area (Å²) < 4.78 is 18.8. The molecule has 0 saturated carbocycles. The molecular formula is C14H18FNO2. The van der Waals surface area contributed by atoms with Gasteiger partial charge in [0.05, 0.1) is 6.61 Å². The molecule has 0 N–H and O–H groups in total. The minimum Gasteiger partial charge on any atom is -0.491 e. The molecule has 1 aliphatic heterocycles. The second-order valence-electron chi connectivity index (χ2n) is 4.43. The van der Waals surface area contributed by atoms with Crippen LogP contribution in [0.25, 0.3) is 0 Å². The van der Waals surface area contributed by atoms with Gasteiger partial charge >= 0.3 is 0 Å². The fourth-order valence-corrected chi connectivity index (χ4v) is 2.19. The van der Waals surface area contributed by atoms with Crippen molar-refractivity contribution in [2.45, 2.75) is 26.2 Å². The number of halogens is 1. The van der Waals surface area contributed by atoms with Gasteiger partial charge in [0.2, 0.25) is 0 Å². The number of hydrogen-bond acceptors (Lipinski definition) is 2. The average molecular weight is 251 g/mol. The van der Waals surface area contributed by atoms with Crippen molar-refractivity contribution in [2.75, 3.05) is 19.7 Å². The Morgan fingerprint density at radius 2 is 2.06 bits per heavy atom. The minimum absolute atomic E-state index is 0.0864. The predicted octanol–water partition coefficient (Wildman–Crippen LogP) is 2.85. The number of benzene rings is 1. The van der Waals surface area contributed by atoms with Crippen LogP contribution in [0.5, 0.6) is 5.75 Å². The topological polar surface area (TPSA) is 29.5 Å². The van der Waals surface area contributed by atoms with Gasteiger partial charge < -0.3 is 9.64 Å². The van der Waals surface area contributed by atoms with Gasteiger partial charge in [-0.3, -0.25) is 4.79 Å². The highest BCUT2D eigenvalue weighted by atomic mass is 19.1. The van der Waals surface area contributed by atoms with E-state index in [1.165, 1.54) is 18.6 Å². The van der Waals surface area contributed by atoms with E-state index in [-0.39, 0.29) is 11.7 Å². The fraction of sp³-hybridized carbons (Fsp3) is 0.500. The van der Waals surface area contributed by atoms with Crippen LogP contribution in [0.3, 0.4) is 0 Å². The first-order chi connectivity index (χ1) is 8.72. The summed E-state index contributed by atoms with van der Waals surface area (Å²) in [6, 6.07) is 4.42. The highest BCUT2D eigenvalue weighted by molar-refractivity contribution is 5.94. The summed E-state index contributed by atoms with van der Waals surface area (Å²) in [6.07, 6.45) is 3.23. The lowest BCUT2D eigenvalue weighted by Crippen LogP contribution is -2.35. The van der Waals surface area contributed by atoms with Gasteiger partial charge in [-0.25, -0.2) is 4.39 Å². The molecule has 1 aromatic rings. The molecule has 1 aliphatic rings. The Kier molecular flexibility index (Phi) is 4.18. The number of likely N-dealkylation sites (tertiary alicyclic amines) is 1. The summed E-state index contributed by atoms with van der Waals surface area (Å²) in [7, 11) is 0. The van der Waals surface area contributed by atoms with Crippen molar-refractivity contribution in [3.8, 4) is 5.75 Å². The SMILES string of the molecule is CCOc1ccc(C(=O)N2CCCCC2)cc1F. The monoisotopic (exact) mass is 251 g/mol. The molecule has 0 atom stereocenters. The van der Waals surface area contributed by atoms with E-state index in [1.54, 1.807) is 17.9 Å². The Morgan fingerprint density at radius 3 is 2.67 bits per heavy atom. The van der Waals surface area contributed by atoms with Crippen molar-refractivity contribution in [2.24, 2.45) is 0 Å². The lowest BCUT2D eigenvalue weighted by Gasteiger charge is -2.26. The van der Waals surface area contributed by atoms with Gasteiger partial charge in [0, 0.05) is 18.7 Å². The van der Waals surface area contributed by atoms with E-state index in [1.807, 2.05) is 0 Å². The fourth-order valence-electron chi connectivity index (χ4n) is 2.19. The van der Waals surface area contributed by atoms with Crippen molar-refractivity contribution >= 4 is 5.91 Å². The van der Waals surface area contributed by atoms with Crippen LogP contribution < -0.4 is 4.74 Å². The minimum atomic E-state index is -0.472. The van der Waals surface area contributed by atoms with Crippen molar-refractivity contribution in [1.29, 1.82) is 0 Å². The summed E-state index contributed by atoms with van der Waals surface area (Å²) in [6.45, 7) is 3.75. The third kappa shape index (κ3) is 2.81. The van der Waals surface area contributed by atoms with Crippen molar-refractivity contribution < 1.29 is 13.9 Å². The number of rotatable bonds is 3. The molecule has 0 aliphatic carbocycles. The summed E-state index contributed by atoms with van der Waals surface area (Å²) in [5.74, 6) is -0.357. The molecule has 0 bridgehead atoms. The van der Waals surface area contributed by atoms with E-state index in [0.29, 0.717) is 12.2 Å². The standard InChI is InChI=1S/C14H18FNO2/c1-2-18-13-7-6-11(10-12(13)15)14(17)16-8-4-3-5-9-16/h6-7,10H,2-5,8-9H2,1H3. The zero-order valence-electron chi connectivity index (χ0n) is 10.6. The zero-order chi connectivity index (χ0) is 13.0. The number of nitrogens with zero attached hydrogens (tertiary/aromatic N) is 1. The Labute approximate surface area is 107 Å². The van der Waals surface area contributed by atoms with Crippen LogP contribution in [0.4, 0.5) is 4.39 Å². The Hall–Kier alpha value is -1.58. The molecule has 1 aromatic carbocycles. The second-order valence-corrected chi connectivity index (χ2v) is 4.43. The number of amides is 1. The molecule has 1 saturated heterocycles. The lowest BCUT2D eigenvalue weighted by atomic mass is 10.1. The largest absolute Gasteiger partial charge is 0.491 e. The molecule has 98 valence electrons. The smallest absolute Gasteiger partial charge is 0.253 e. The van der Waals surface area contributed by atoms with Crippen molar-refractivity contribution in [3.05, 3.63) is 29.6 Å². The van der Waals surface area contributed by atoms with Crippen molar-refractivity contribution in [1.82, 2.24) is 4.90 Å². The number of carbonyl (C=O) groups is 1. The van der Waals surface area contributed by atoms with Crippen LogP contribution in [0.2, 0.25) is 0 Å². The first-order valence-corrected chi connectivity index (χ1v) is 6.44. The highest BCUT2D eigenvalue weighted by Crippen LogP contribution is 2.20. The second kappa shape index (κ2) is 5.85. The Morgan fingerprint density at radius 1 is 1.33 bits per heavy atom. The van der Waals surface area contributed by atoms with Crippen LogP contribution in [-0.2, 0) is 0 Å². The van der Waals surface area contributed by atoms with E-state index in [4.69, 9.17) is 4.74 Å². The molecule has 2 rings (SSSR count). The molecule has 4 heteroatoms. The number of hydrogen-bond donors (Lipinski definition) is 0. The maximum Gasteiger partial charge on any atom is 0.253 e. The number of carbonyl (C=O) groups excluding carboxylic acids is 1. The molecule has 0 radical (unpaired) electrons. The van der Waals surface area contributed by atoms with E-state index >= 15 is 0 Å². The van der Waals surface area contributed by atoms with Crippen LogP contribution in [0.1, 0.15) is 36.5 Å². The molecule has 1 fully saturated rings. The quantitative estimate of drug-likeness (QED) is 0.826. The third-order valence-corrected chi connectivity index (χ3v) is 3.12. The molecule has 0 spiro atoms. The Bertz CT molecular complexity index is 428. The van der Waals surface area contributed by atoms with Crippen molar-refractivity contribution in [3.63, 3.8) is 0 Å². The Balaban J connectivity index is 2.12. The molecule has 18 heavy (non-hydrogen) atoms. The molecule has 0 aromatic heterocycles. The zero-order valence-corrected chi connectivity index (χ0v) is 10.6. The normalized spacial score (nSPS) is 15.6. The lowest BCUT2D eigenvalue weighted by molar-refractivity contribution is 0.0723. The summed E-state index contributed by atoms with van der Waals surface area (Å²) in [5.41, 5.74) is 0.401. The molecule has 3 nitrogen and oxygen atoms in total. The molecule has 1 heterocycles. The van der Waals surface area contributed by atoms with Gasteiger partial charge in [-0.05, 0) is 44.4 Å². The number of piperidine rings is 1. The van der Waals surface area contributed by atoms with E-state index in [0.717, 1.165) is 25.9 Å². The van der Waals surface area contributed by atoms with Gasteiger partial charge in [0.15, 0.2) is 11.6 Å². The summed E-state index contributed by atoms with van der Waals surface area (Å²) >= 11 is 0. The predicted molar refractivity (Wildman–Crippen MR) is 67.3 cm³/mol. The first-order valence-electron chi connectivity index (χ1n) is 6.44. The van der Waals surface area contributed by atoms with Gasteiger partial charge in [-0.15, -0.1) is 0 Å². The van der Waals surface area contributed by atoms with Crippen LogP contribution >= 0.6 is 0 Å². The maximum atomic E-state index is 13.7. The molecule has 0 unspecified atom stereocenters. The van der Waals surface area contributed by atoms with Gasteiger partial charge in [0.1, 0.15) is 0 Å². The third-order valence-electron chi connectivity index (χ3n) is 3.12. The van der Waals surface area contributed by atoms with Gasteiger partial charge in [-0.1, -0.05) is 0 Å². The van der Waals surface area contributed by atoms with E-state index < -0.39 is 5.82 Å². The van der Waals surface area contributed by atoms with Crippen LogP contribution in [0, 0.1) is 5.82 Å². The van der Waals surface area contributed by atoms with Crippen LogP contribution in [0.15, 0.2) is 18.2 Å². The van der Waals surface area contributed by atoms with Gasteiger partial charge in [-0.2, -0.15) is 0 Å². The van der Waals surface area contributed by atoms with Crippen LogP contribution in [-0.4, -0.2) is 30.5 Å².